The molecular formula is C11H17N3O3. The zero-order chi connectivity index (χ0) is 12.1. The van der Waals surface area contributed by atoms with E-state index in [2.05, 4.69) is 15.3 Å². The molecule has 1 aromatic heterocycles. The molecule has 1 aliphatic rings. The Kier molecular flexibility index (Phi) is 3.98. The van der Waals surface area contributed by atoms with Crippen LogP contribution in [0.15, 0.2) is 6.07 Å². The highest BCUT2D eigenvalue weighted by Crippen LogP contribution is 2.18. The van der Waals surface area contributed by atoms with Crippen LogP contribution in [0.2, 0.25) is 0 Å². The fourth-order valence-corrected chi connectivity index (χ4v) is 1.67. The van der Waals surface area contributed by atoms with E-state index in [1.165, 1.54) is 0 Å². The molecule has 0 aromatic carbocycles. The topological polar surface area (TPSA) is 65.5 Å². The molecule has 94 valence electrons. The van der Waals surface area contributed by atoms with E-state index in [4.69, 9.17) is 14.2 Å². The van der Waals surface area contributed by atoms with Crippen molar-refractivity contribution in [3.63, 3.8) is 0 Å². The Morgan fingerprint density at radius 1 is 1.35 bits per heavy atom. The third-order valence-electron chi connectivity index (χ3n) is 2.67. The van der Waals surface area contributed by atoms with Crippen molar-refractivity contribution in [1.29, 1.82) is 0 Å². The molecule has 1 fully saturated rings. The number of nitrogens with one attached hydrogen (secondary N) is 1. The van der Waals surface area contributed by atoms with Crippen LogP contribution in [0.4, 0.5) is 5.95 Å². The predicted octanol–water partition coefficient (Wildman–Crippen LogP) is 0.942. The van der Waals surface area contributed by atoms with E-state index in [9.17, 15) is 0 Å². The maximum Gasteiger partial charge on any atom is 0.229 e. The molecule has 1 aliphatic heterocycles. The molecular weight excluding hydrogens is 222 g/mol. The molecule has 1 N–H and O–H groups in total. The van der Waals surface area contributed by atoms with Crippen LogP contribution in [-0.2, 0) is 4.74 Å². The molecule has 0 aliphatic carbocycles. The zero-order valence-electron chi connectivity index (χ0n) is 10.1. The number of ether oxygens (including phenoxy) is 3. The van der Waals surface area contributed by atoms with Gasteiger partial charge in [0.15, 0.2) is 0 Å². The van der Waals surface area contributed by atoms with Gasteiger partial charge in [0, 0.05) is 19.1 Å². The maximum atomic E-state index is 5.31. The summed E-state index contributed by atoms with van der Waals surface area (Å²) in [6.07, 6.45) is 1.08. The van der Waals surface area contributed by atoms with Gasteiger partial charge >= 0.3 is 0 Å². The minimum atomic E-state index is 0.488. The lowest BCUT2D eigenvalue weighted by molar-refractivity contribution is 0.187. The second-order valence-electron chi connectivity index (χ2n) is 3.89. The van der Waals surface area contributed by atoms with E-state index in [-0.39, 0.29) is 0 Å². The van der Waals surface area contributed by atoms with Gasteiger partial charge in [-0.3, -0.25) is 0 Å². The lowest BCUT2D eigenvalue weighted by Crippen LogP contribution is -2.16. The van der Waals surface area contributed by atoms with Crippen molar-refractivity contribution >= 4 is 5.95 Å². The van der Waals surface area contributed by atoms with Crippen molar-refractivity contribution in [3.8, 4) is 11.8 Å². The summed E-state index contributed by atoms with van der Waals surface area (Å²) in [7, 11) is 3.13. The van der Waals surface area contributed by atoms with Gasteiger partial charge in [-0.05, 0) is 6.42 Å². The molecule has 1 saturated heterocycles. The summed E-state index contributed by atoms with van der Waals surface area (Å²) in [6.45, 7) is 2.44. The molecule has 6 heteroatoms. The quantitative estimate of drug-likeness (QED) is 0.825. The zero-order valence-corrected chi connectivity index (χ0v) is 10.1. The molecule has 0 saturated carbocycles. The Labute approximate surface area is 100 Å². The van der Waals surface area contributed by atoms with Crippen molar-refractivity contribution < 1.29 is 14.2 Å². The summed E-state index contributed by atoms with van der Waals surface area (Å²) in [6, 6.07) is 1.64. The van der Waals surface area contributed by atoms with Crippen molar-refractivity contribution in [2.24, 2.45) is 5.92 Å². The Morgan fingerprint density at radius 2 is 2.06 bits per heavy atom. The standard InChI is InChI=1S/C11H17N3O3/c1-15-9-5-10(16-2)14-11(13-9)12-6-8-3-4-17-7-8/h5,8H,3-4,6-7H2,1-2H3,(H,12,13,14). The van der Waals surface area contributed by atoms with Crippen LogP contribution < -0.4 is 14.8 Å². The van der Waals surface area contributed by atoms with Gasteiger partial charge in [-0.25, -0.2) is 0 Å². The molecule has 1 aromatic rings. The lowest BCUT2D eigenvalue weighted by Gasteiger charge is -2.10. The molecule has 1 atom stereocenters. The third-order valence-corrected chi connectivity index (χ3v) is 2.67. The highest BCUT2D eigenvalue weighted by atomic mass is 16.5. The Balaban J connectivity index is 1.98. The first kappa shape index (κ1) is 11.9. The van der Waals surface area contributed by atoms with Gasteiger partial charge in [0.1, 0.15) is 0 Å². The number of rotatable bonds is 5. The summed E-state index contributed by atoms with van der Waals surface area (Å²) < 4.78 is 15.5. The normalized spacial score (nSPS) is 19.1. The van der Waals surface area contributed by atoms with Crippen LogP contribution in [0.3, 0.4) is 0 Å². The molecule has 2 heterocycles. The Bertz CT molecular complexity index is 345. The molecule has 1 unspecified atom stereocenters. The average Bonchev–Trinajstić information content (AvgIpc) is 2.89. The second kappa shape index (κ2) is 5.67. The monoisotopic (exact) mass is 239 g/mol. The van der Waals surface area contributed by atoms with E-state index in [0.717, 1.165) is 26.2 Å². The summed E-state index contributed by atoms with van der Waals surface area (Å²) in [5, 5.41) is 3.17. The van der Waals surface area contributed by atoms with Crippen LogP contribution in [0.5, 0.6) is 11.8 Å². The molecule has 6 nitrogen and oxygen atoms in total. The second-order valence-corrected chi connectivity index (χ2v) is 3.89. The number of aromatic nitrogens is 2. The summed E-state index contributed by atoms with van der Waals surface area (Å²) in [5.74, 6) is 2.02. The molecule has 0 bridgehead atoms. The van der Waals surface area contributed by atoms with E-state index in [1.807, 2.05) is 0 Å². The SMILES string of the molecule is COc1cc(OC)nc(NCC2CCOC2)n1. The van der Waals surface area contributed by atoms with Crippen LogP contribution in [0.25, 0.3) is 0 Å². The number of hydrogen-bond acceptors (Lipinski definition) is 6. The van der Waals surface area contributed by atoms with Gasteiger partial charge in [-0.15, -0.1) is 0 Å². The van der Waals surface area contributed by atoms with Crippen molar-refractivity contribution in [2.45, 2.75) is 6.42 Å². The number of anilines is 1. The molecule has 0 spiro atoms. The average molecular weight is 239 g/mol. The first-order chi connectivity index (χ1) is 8.31. The largest absolute Gasteiger partial charge is 0.481 e. The molecule has 0 amide bonds. The maximum absolute atomic E-state index is 5.31. The summed E-state index contributed by atoms with van der Waals surface area (Å²) >= 11 is 0. The van der Waals surface area contributed by atoms with E-state index in [1.54, 1.807) is 20.3 Å². The first-order valence-electron chi connectivity index (χ1n) is 5.60. The highest BCUT2D eigenvalue weighted by molar-refractivity contribution is 5.33. The number of hydrogen-bond donors (Lipinski definition) is 1. The summed E-state index contributed by atoms with van der Waals surface area (Å²) in [4.78, 5) is 8.39. The Hall–Kier alpha value is -1.56. The van der Waals surface area contributed by atoms with Crippen LogP contribution in [0.1, 0.15) is 6.42 Å². The van der Waals surface area contributed by atoms with E-state index < -0.39 is 0 Å². The van der Waals surface area contributed by atoms with Gasteiger partial charge in [-0.2, -0.15) is 9.97 Å². The van der Waals surface area contributed by atoms with Gasteiger partial charge < -0.3 is 19.5 Å². The summed E-state index contributed by atoms with van der Waals surface area (Å²) in [5.41, 5.74) is 0. The van der Waals surface area contributed by atoms with Crippen LogP contribution >= 0.6 is 0 Å². The fraction of sp³-hybridized carbons (Fsp3) is 0.636. The third kappa shape index (κ3) is 3.20. The van der Waals surface area contributed by atoms with E-state index >= 15 is 0 Å². The fourth-order valence-electron chi connectivity index (χ4n) is 1.67. The smallest absolute Gasteiger partial charge is 0.229 e. The van der Waals surface area contributed by atoms with Crippen molar-refractivity contribution in [1.82, 2.24) is 9.97 Å². The minimum Gasteiger partial charge on any atom is -0.481 e. The van der Waals surface area contributed by atoms with Crippen LogP contribution in [-0.4, -0.2) is 43.9 Å². The first-order valence-corrected chi connectivity index (χ1v) is 5.60. The number of methoxy groups -OCH3 is 2. The van der Waals surface area contributed by atoms with Gasteiger partial charge in [0.05, 0.1) is 26.9 Å². The molecule has 0 radical (unpaired) electrons. The van der Waals surface area contributed by atoms with E-state index in [0.29, 0.717) is 23.6 Å². The lowest BCUT2D eigenvalue weighted by atomic mass is 10.1. The molecule has 2 rings (SSSR count). The van der Waals surface area contributed by atoms with Crippen LogP contribution in [0, 0.1) is 5.92 Å². The van der Waals surface area contributed by atoms with Crippen molar-refractivity contribution in [2.75, 3.05) is 39.3 Å². The number of nitrogens with zero attached hydrogens (tertiary/aromatic N) is 2. The Morgan fingerprint density at radius 3 is 2.59 bits per heavy atom. The van der Waals surface area contributed by atoms with Gasteiger partial charge in [0.2, 0.25) is 17.7 Å². The van der Waals surface area contributed by atoms with Gasteiger partial charge in [0.25, 0.3) is 0 Å². The minimum absolute atomic E-state index is 0.488. The highest BCUT2D eigenvalue weighted by Gasteiger charge is 2.16. The molecule has 17 heavy (non-hydrogen) atoms. The predicted molar refractivity (Wildman–Crippen MR) is 62.6 cm³/mol. The van der Waals surface area contributed by atoms with Gasteiger partial charge in [-0.1, -0.05) is 0 Å². The van der Waals surface area contributed by atoms with Crippen molar-refractivity contribution in [3.05, 3.63) is 6.07 Å².